The number of amides is 2. The summed E-state index contributed by atoms with van der Waals surface area (Å²) in [5.74, 6) is 0.881. The molecule has 1 aliphatic carbocycles. The molecule has 3 N–H and O–H groups in total. The van der Waals surface area contributed by atoms with Crippen molar-refractivity contribution in [2.75, 3.05) is 29.9 Å². The molecule has 1 aromatic rings. The van der Waals surface area contributed by atoms with Gasteiger partial charge in [0.15, 0.2) is 0 Å². The van der Waals surface area contributed by atoms with Crippen molar-refractivity contribution in [1.82, 2.24) is 10.3 Å². The number of anilines is 2. The molecule has 0 bridgehead atoms. The van der Waals surface area contributed by atoms with Gasteiger partial charge < -0.3 is 25.4 Å². The number of carbonyl (C=O) groups excluding carboxylic acids is 1. The molecule has 7 heteroatoms. The summed E-state index contributed by atoms with van der Waals surface area (Å²) in [6.45, 7) is 6.01. The quantitative estimate of drug-likeness (QED) is 0.781. The lowest BCUT2D eigenvalue weighted by Crippen LogP contribution is -2.48. The smallest absolute Gasteiger partial charge is 0.319 e. The number of nitrogens with zero attached hydrogens (tertiary/aromatic N) is 2. The van der Waals surface area contributed by atoms with E-state index in [4.69, 9.17) is 4.74 Å². The monoisotopic (exact) mass is 334 g/mol. The number of aliphatic hydroxyl groups is 1. The van der Waals surface area contributed by atoms with Gasteiger partial charge in [0.1, 0.15) is 5.82 Å². The lowest BCUT2D eigenvalue weighted by atomic mass is 9.80. The van der Waals surface area contributed by atoms with Crippen molar-refractivity contribution in [3.63, 3.8) is 0 Å². The van der Waals surface area contributed by atoms with Gasteiger partial charge in [-0.25, -0.2) is 9.78 Å². The van der Waals surface area contributed by atoms with E-state index in [1.54, 1.807) is 6.20 Å². The molecule has 24 heavy (non-hydrogen) atoms. The molecule has 7 nitrogen and oxygen atoms in total. The van der Waals surface area contributed by atoms with E-state index in [0.29, 0.717) is 5.69 Å². The van der Waals surface area contributed by atoms with Gasteiger partial charge in [0.05, 0.1) is 29.7 Å². The third-order valence-corrected chi connectivity index (χ3v) is 4.61. The number of ether oxygens (including phenoxy) is 1. The Bertz CT molecular complexity index is 564. The van der Waals surface area contributed by atoms with Crippen molar-refractivity contribution in [2.24, 2.45) is 0 Å². The molecule has 0 unspecified atom stereocenters. The first-order valence-corrected chi connectivity index (χ1v) is 8.57. The van der Waals surface area contributed by atoms with Crippen molar-refractivity contribution in [2.45, 2.75) is 50.9 Å². The van der Waals surface area contributed by atoms with E-state index in [1.165, 1.54) is 0 Å². The predicted molar refractivity (Wildman–Crippen MR) is 92.3 cm³/mol. The second-order valence-electron chi connectivity index (χ2n) is 6.95. The minimum Gasteiger partial charge on any atom is -0.388 e. The summed E-state index contributed by atoms with van der Waals surface area (Å²) in [6.07, 6.45) is 4.52. The fraction of sp³-hybridized carbons (Fsp3) is 0.647. The molecule has 1 saturated heterocycles. The highest BCUT2D eigenvalue weighted by Gasteiger charge is 2.34. The highest BCUT2D eigenvalue weighted by atomic mass is 16.5. The molecule has 1 saturated carbocycles. The standard InChI is InChI=1S/C17H26N4O3/c1-12-9-21(10-13(2)24-12)15-5-4-14(8-18-15)20-16(22)19-11-17(23)6-3-7-17/h4-5,8,12-13,23H,3,6-7,9-11H2,1-2H3,(H2,19,20,22)/t12-,13-/m0/s1. The zero-order valence-electron chi connectivity index (χ0n) is 14.3. The number of morpholine rings is 1. The highest BCUT2D eigenvalue weighted by molar-refractivity contribution is 5.89. The molecule has 2 heterocycles. The molecule has 0 radical (unpaired) electrons. The maximum atomic E-state index is 11.9. The first-order valence-electron chi connectivity index (χ1n) is 8.57. The Balaban J connectivity index is 1.51. The maximum Gasteiger partial charge on any atom is 0.319 e. The molecule has 2 amide bonds. The highest BCUT2D eigenvalue weighted by Crippen LogP contribution is 2.30. The molecule has 132 valence electrons. The Morgan fingerprint density at radius 2 is 2.08 bits per heavy atom. The van der Waals surface area contributed by atoms with Crippen LogP contribution in [-0.4, -0.2) is 53.6 Å². The summed E-state index contributed by atoms with van der Waals surface area (Å²) in [4.78, 5) is 18.5. The van der Waals surface area contributed by atoms with Crippen molar-refractivity contribution >= 4 is 17.5 Å². The summed E-state index contributed by atoms with van der Waals surface area (Å²) < 4.78 is 5.73. The number of rotatable bonds is 4. The van der Waals surface area contributed by atoms with Crippen molar-refractivity contribution in [3.05, 3.63) is 18.3 Å². The van der Waals surface area contributed by atoms with Gasteiger partial charge in [0.25, 0.3) is 0 Å². The normalized spacial score (nSPS) is 25.7. The second-order valence-corrected chi connectivity index (χ2v) is 6.95. The lowest BCUT2D eigenvalue weighted by Gasteiger charge is -2.36. The molecule has 2 aliphatic rings. The van der Waals surface area contributed by atoms with E-state index in [2.05, 4.69) is 34.4 Å². The topological polar surface area (TPSA) is 86.7 Å². The molecular formula is C17H26N4O3. The Morgan fingerprint density at radius 3 is 2.62 bits per heavy atom. The minimum absolute atomic E-state index is 0.177. The molecule has 3 rings (SSSR count). The van der Waals surface area contributed by atoms with Gasteiger partial charge in [-0.05, 0) is 45.2 Å². The summed E-state index contributed by atoms with van der Waals surface area (Å²) in [5, 5.41) is 15.4. The largest absolute Gasteiger partial charge is 0.388 e. The Hall–Kier alpha value is -1.86. The van der Waals surface area contributed by atoms with Crippen LogP contribution in [0.5, 0.6) is 0 Å². The first kappa shape index (κ1) is 17.0. The number of urea groups is 1. The Kier molecular flexibility index (Phi) is 4.91. The number of aromatic nitrogens is 1. The fourth-order valence-electron chi connectivity index (χ4n) is 3.19. The van der Waals surface area contributed by atoms with Crippen molar-refractivity contribution in [1.29, 1.82) is 0 Å². The van der Waals surface area contributed by atoms with Gasteiger partial charge >= 0.3 is 6.03 Å². The van der Waals surface area contributed by atoms with Crippen LogP contribution in [0.1, 0.15) is 33.1 Å². The van der Waals surface area contributed by atoms with Crippen LogP contribution in [0.3, 0.4) is 0 Å². The molecule has 2 atom stereocenters. The number of pyridine rings is 1. The van der Waals surface area contributed by atoms with Gasteiger partial charge in [-0.2, -0.15) is 0 Å². The van der Waals surface area contributed by atoms with E-state index in [0.717, 1.165) is 38.2 Å². The number of nitrogens with one attached hydrogen (secondary N) is 2. The zero-order chi connectivity index (χ0) is 17.2. The van der Waals surface area contributed by atoms with Crippen LogP contribution in [0.15, 0.2) is 18.3 Å². The molecular weight excluding hydrogens is 308 g/mol. The molecule has 0 spiro atoms. The summed E-state index contributed by atoms with van der Waals surface area (Å²) in [6, 6.07) is 3.42. The minimum atomic E-state index is -0.719. The third kappa shape index (κ3) is 4.15. The van der Waals surface area contributed by atoms with Crippen LogP contribution in [0, 0.1) is 0 Å². The van der Waals surface area contributed by atoms with Crippen LogP contribution in [0.25, 0.3) is 0 Å². The van der Waals surface area contributed by atoms with Crippen LogP contribution in [0.4, 0.5) is 16.3 Å². The number of hydrogen-bond donors (Lipinski definition) is 3. The molecule has 1 aromatic heterocycles. The van der Waals surface area contributed by atoms with Gasteiger partial charge in [0.2, 0.25) is 0 Å². The fourth-order valence-corrected chi connectivity index (χ4v) is 3.19. The van der Waals surface area contributed by atoms with Crippen LogP contribution < -0.4 is 15.5 Å². The molecule has 1 aliphatic heterocycles. The summed E-state index contributed by atoms with van der Waals surface area (Å²) in [5.41, 5.74) is -0.0883. The Labute approximate surface area is 142 Å². The van der Waals surface area contributed by atoms with E-state index in [1.807, 2.05) is 12.1 Å². The van der Waals surface area contributed by atoms with Gasteiger partial charge in [0, 0.05) is 19.6 Å². The van der Waals surface area contributed by atoms with E-state index in [9.17, 15) is 9.90 Å². The van der Waals surface area contributed by atoms with E-state index >= 15 is 0 Å². The zero-order valence-corrected chi connectivity index (χ0v) is 14.3. The average Bonchev–Trinajstić information content (AvgIpc) is 2.51. The van der Waals surface area contributed by atoms with E-state index < -0.39 is 5.60 Å². The van der Waals surface area contributed by atoms with Gasteiger partial charge in [-0.1, -0.05) is 0 Å². The van der Waals surface area contributed by atoms with E-state index in [-0.39, 0.29) is 24.8 Å². The second kappa shape index (κ2) is 6.94. The van der Waals surface area contributed by atoms with Crippen molar-refractivity contribution in [3.8, 4) is 0 Å². The SMILES string of the molecule is C[C@H]1CN(c2ccc(NC(=O)NCC3(O)CCC3)cn2)C[C@H](C)O1. The molecule has 2 fully saturated rings. The van der Waals surface area contributed by atoms with Gasteiger partial charge in [-0.3, -0.25) is 0 Å². The van der Waals surface area contributed by atoms with Crippen molar-refractivity contribution < 1.29 is 14.6 Å². The van der Waals surface area contributed by atoms with Gasteiger partial charge in [-0.15, -0.1) is 0 Å². The number of hydrogen-bond acceptors (Lipinski definition) is 5. The summed E-state index contributed by atoms with van der Waals surface area (Å²) in [7, 11) is 0. The predicted octanol–water partition coefficient (Wildman–Crippen LogP) is 1.73. The Morgan fingerprint density at radius 1 is 1.38 bits per heavy atom. The number of carbonyl (C=O) groups is 1. The van der Waals surface area contributed by atoms with Crippen LogP contribution >= 0.6 is 0 Å². The summed E-state index contributed by atoms with van der Waals surface area (Å²) >= 11 is 0. The maximum absolute atomic E-state index is 11.9. The molecule has 0 aromatic carbocycles. The van der Waals surface area contributed by atoms with Crippen LogP contribution in [0.2, 0.25) is 0 Å². The average molecular weight is 334 g/mol. The third-order valence-electron chi connectivity index (χ3n) is 4.61. The lowest BCUT2D eigenvalue weighted by molar-refractivity contribution is -0.0287. The van der Waals surface area contributed by atoms with Crippen LogP contribution in [-0.2, 0) is 4.74 Å². The first-order chi connectivity index (χ1) is 11.4.